The van der Waals surface area contributed by atoms with E-state index in [4.69, 9.17) is 9.84 Å². The molecular weight excluding hydrogens is 550 g/mol. The highest BCUT2D eigenvalue weighted by Crippen LogP contribution is 2.38. The third-order valence-electron chi connectivity index (χ3n) is 4.55. The van der Waals surface area contributed by atoms with Crippen LogP contribution in [0.3, 0.4) is 0 Å². The van der Waals surface area contributed by atoms with E-state index in [1.807, 2.05) is 6.07 Å². The van der Waals surface area contributed by atoms with Crippen LogP contribution in [0.5, 0.6) is 5.75 Å². The number of carbonyl (C=O) groups excluding carboxylic acids is 1. The van der Waals surface area contributed by atoms with Gasteiger partial charge in [-0.25, -0.2) is 4.79 Å². The fourth-order valence-corrected chi connectivity index (χ4v) is 5.88. The topological polar surface area (TPSA) is 123 Å². The van der Waals surface area contributed by atoms with E-state index in [-0.39, 0.29) is 5.57 Å². The highest BCUT2D eigenvalue weighted by molar-refractivity contribution is 9.11. The number of anilines is 1. The monoisotopic (exact) mass is 563 g/mol. The van der Waals surface area contributed by atoms with Crippen molar-refractivity contribution in [3.05, 3.63) is 48.2 Å². The summed E-state index contributed by atoms with van der Waals surface area (Å²) in [4.78, 5) is 24.6. The Hall–Kier alpha value is -2.66. The van der Waals surface area contributed by atoms with Crippen molar-refractivity contribution in [2.24, 2.45) is 0 Å². The van der Waals surface area contributed by atoms with E-state index in [2.05, 4.69) is 43.2 Å². The van der Waals surface area contributed by atoms with Gasteiger partial charge in [-0.1, -0.05) is 0 Å². The summed E-state index contributed by atoms with van der Waals surface area (Å²) >= 11 is 8.01. The fraction of sp³-hybridized carbons (Fsp3) is 0.238. The molecule has 31 heavy (non-hydrogen) atoms. The van der Waals surface area contributed by atoms with Gasteiger partial charge in [-0.2, -0.15) is 10.5 Å². The number of nitrogens with one attached hydrogen (secondary N) is 1. The molecule has 1 amide bonds. The number of amides is 1. The van der Waals surface area contributed by atoms with Crippen LogP contribution < -0.4 is 10.1 Å². The SMILES string of the molecule is N#C/C(=C\c1cc(Br)c(OCC(=O)O)c(Br)c1)C(=O)Nc1sc2c(c1C#N)CCCC2. The number of aryl methyl sites for hydroxylation is 1. The average Bonchev–Trinajstić information content (AvgIpc) is 3.07. The van der Waals surface area contributed by atoms with Crippen LogP contribution in [-0.2, 0) is 22.4 Å². The van der Waals surface area contributed by atoms with Gasteiger partial charge >= 0.3 is 5.97 Å². The molecule has 2 N–H and O–H groups in total. The number of hydrogen-bond donors (Lipinski definition) is 2. The zero-order valence-corrected chi connectivity index (χ0v) is 20.0. The molecule has 1 heterocycles. The van der Waals surface area contributed by atoms with Crippen LogP contribution >= 0.6 is 43.2 Å². The van der Waals surface area contributed by atoms with Gasteiger partial charge in [0.25, 0.3) is 5.91 Å². The molecule has 158 valence electrons. The molecule has 1 aliphatic rings. The van der Waals surface area contributed by atoms with E-state index in [9.17, 15) is 20.1 Å². The number of thiophene rings is 1. The van der Waals surface area contributed by atoms with Gasteiger partial charge in [-0.05, 0) is 86.9 Å². The van der Waals surface area contributed by atoms with Crippen molar-refractivity contribution in [3.8, 4) is 17.9 Å². The third-order valence-corrected chi connectivity index (χ3v) is 6.93. The largest absolute Gasteiger partial charge is 0.480 e. The number of halogens is 2. The summed E-state index contributed by atoms with van der Waals surface area (Å²) in [6, 6.07) is 7.29. The maximum atomic E-state index is 12.7. The van der Waals surface area contributed by atoms with E-state index in [1.54, 1.807) is 12.1 Å². The van der Waals surface area contributed by atoms with Gasteiger partial charge < -0.3 is 15.2 Å². The summed E-state index contributed by atoms with van der Waals surface area (Å²) in [5.41, 5.74) is 1.88. The Labute approximate surface area is 199 Å². The Morgan fingerprint density at radius 1 is 1.23 bits per heavy atom. The Bertz CT molecular complexity index is 1150. The van der Waals surface area contributed by atoms with Crippen LogP contribution in [0.25, 0.3) is 6.08 Å². The molecule has 0 bridgehead atoms. The second-order valence-electron chi connectivity index (χ2n) is 6.65. The lowest BCUT2D eigenvalue weighted by Crippen LogP contribution is -2.13. The number of carbonyl (C=O) groups is 2. The summed E-state index contributed by atoms with van der Waals surface area (Å²) in [6.45, 7) is -0.510. The molecule has 1 aromatic heterocycles. The van der Waals surface area contributed by atoms with Crippen molar-refractivity contribution >= 4 is 66.2 Å². The Kier molecular flexibility index (Phi) is 7.50. The Morgan fingerprint density at radius 2 is 1.90 bits per heavy atom. The number of ether oxygens (including phenoxy) is 1. The average molecular weight is 565 g/mol. The van der Waals surface area contributed by atoms with E-state index in [0.29, 0.717) is 30.8 Å². The predicted octanol–water partition coefficient (Wildman–Crippen LogP) is 5.03. The second kappa shape index (κ2) is 10.1. The van der Waals surface area contributed by atoms with Crippen LogP contribution in [0.1, 0.15) is 34.4 Å². The van der Waals surface area contributed by atoms with Crippen molar-refractivity contribution in [1.82, 2.24) is 0 Å². The van der Waals surface area contributed by atoms with E-state index < -0.39 is 18.5 Å². The van der Waals surface area contributed by atoms with Crippen molar-refractivity contribution in [3.63, 3.8) is 0 Å². The van der Waals surface area contributed by atoms with Gasteiger partial charge in [-0.15, -0.1) is 11.3 Å². The van der Waals surface area contributed by atoms with E-state index in [1.165, 1.54) is 17.4 Å². The number of nitrogens with zero attached hydrogens (tertiary/aromatic N) is 2. The molecular formula is C21H15Br2N3O4S. The van der Waals surface area contributed by atoms with E-state index in [0.717, 1.165) is 36.1 Å². The zero-order chi connectivity index (χ0) is 22.5. The van der Waals surface area contributed by atoms with Gasteiger partial charge in [0, 0.05) is 4.88 Å². The molecule has 7 nitrogen and oxygen atoms in total. The Balaban J connectivity index is 1.85. The quantitative estimate of drug-likeness (QED) is 0.374. The first-order chi connectivity index (χ1) is 14.8. The summed E-state index contributed by atoms with van der Waals surface area (Å²) in [7, 11) is 0. The molecule has 0 atom stereocenters. The molecule has 0 saturated heterocycles. The smallest absolute Gasteiger partial charge is 0.341 e. The highest BCUT2D eigenvalue weighted by Gasteiger charge is 2.23. The van der Waals surface area contributed by atoms with Crippen LogP contribution in [0.15, 0.2) is 26.7 Å². The minimum atomic E-state index is -1.11. The predicted molar refractivity (Wildman–Crippen MR) is 123 cm³/mol. The first-order valence-electron chi connectivity index (χ1n) is 9.15. The molecule has 10 heteroatoms. The number of carboxylic acid groups (broad SMARTS) is 1. The van der Waals surface area contributed by atoms with Crippen LogP contribution in [-0.4, -0.2) is 23.6 Å². The van der Waals surface area contributed by atoms with Crippen LogP contribution in [0.4, 0.5) is 5.00 Å². The molecule has 0 spiro atoms. The Morgan fingerprint density at radius 3 is 2.52 bits per heavy atom. The number of fused-ring (bicyclic) bond motifs is 1. The molecule has 1 aromatic carbocycles. The van der Waals surface area contributed by atoms with Crippen LogP contribution in [0.2, 0.25) is 0 Å². The number of nitriles is 2. The first kappa shape index (κ1) is 23.0. The maximum absolute atomic E-state index is 12.7. The summed E-state index contributed by atoms with van der Waals surface area (Å²) in [5, 5.41) is 31.0. The molecule has 0 unspecified atom stereocenters. The number of aliphatic carboxylic acids is 1. The van der Waals surface area contributed by atoms with Crippen molar-refractivity contribution in [2.45, 2.75) is 25.7 Å². The van der Waals surface area contributed by atoms with Gasteiger partial charge in [0.15, 0.2) is 6.61 Å². The maximum Gasteiger partial charge on any atom is 0.341 e. The number of rotatable bonds is 6. The minimum Gasteiger partial charge on any atom is -0.480 e. The lowest BCUT2D eigenvalue weighted by atomic mass is 9.96. The van der Waals surface area contributed by atoms with E-state index >= 15 is 0 Å². The minimum absolute atomic E-state index is 0.131. The van der Waals surface area contributed by atoms with Gasteiger partial charge in [0.1, 0.15) is 28.5 Å². The molecule has 1 aliphatic carbocycles. The highest BCUT2D eigenvalue weighted by atomic mass is 79.9. The molecule has 0 radical (unpaired) electrons. The lowest BCUT2D eigenvalue weighted by Gasteiger charge is -2.10. The standard InChI is InChI=1S/C21H15Br2N3O4S/c22-15-6-11(7-16(23)19(15)30-10-18(27)28)5-12(8-24)20(29)26-21-14(9-25)13-3-1-2-4-17(13)31-21/h5-7H,1-4,10H2,(H,26,29)(H,27,28)/b12-5+. The molecule has 0 saturated carbocycles. The molecule has 0 fully saturated rings. The molecule has 3 rings (SSSR count). The lowest BCUT2D eigenvalue weighted by molar-refractivity contribution is -0.139. The normalized spacial score (nSPS) is 13.0. The molecule has 0 aliphatic heterocycles. The number of hydrogen-bond acceptors (Lipinski definition) is 6. The third kappa shape index (κ3) is 5.34. The van der Waals surface area contributed by atoms with Gasteiger partial charge in [-0.3, -0.25) is 4.79 Å². The van der Waals surface area contributed by atoms with Crippen molar-refractivity contribution in [1.29, 1.82) is 10.5 Å². The summed E-state index contributed by atoms with van der Waals surface area (Å²) < 4.78 is 6.15. The second-order valence-corrected chi connectivity index (χ2v) is 9.46. The van der Waals surface area contributed by atoms with Gasteiger partial charge in [0.05, 0.1) is 14.5 Å². The van der Waals surface area contributed by atoms with Crippen molar-refractivity contribution in [2.75, 3.05) is 11.9 Å². The van der Waals surface area contributed by atoms with Crippen molar-refractivity contribution < 1.29 is 19.4 Å². The fourth-order valence-electron chi connectivity index (χ4n) is 3.19. The van der Waals surface area contributed by atoms with Crippen LogP contribution in [0, 0.1) is 22.7 Å². The molecule has 2 aromatic rings. The van der Waals surface area contributed by atoms with Gasteiger partial charge in [0.2, 0.25) is 0 Å². The number of benzene rings is 1. The summed E-state index contributed by atoms with van der Waals surface area (Å²) in [5.74, 6) is -1.42. The summed E-state index contributed by atoms with van der Waals surface area (Å²) in [6.07, 6.45) is 5.20. The zero-order valence-electron chi connectivity index (χ0n) is 16.0. The number of carboxylic acids is 1. The first-order valence-corrected chi connectivity index (χ1v) is 11.6.